The van der Waals surface area contributed by atoms with Gasteiger partial charge < -0.3 is 9.47 Å². The molecule has 0 radical (unpaired) electrons. The highest BCUT2D eigenvalue weighted by atomic mass is 16.5. The summed E-state index contributed by atoms with van der Waals surface area (Å²) in [6, 6.07) is 8.75. The number of esters is 2. The first-order chi connectivity index (χ1) is 12.0. The number of benzene rings is 1. The van der Waals surface area contributed by atoms with Crippen LogP contribution in [0.1, 0.15) is 41.7 Å². The van der Waals surface area contributed by atoms with Crippen LogP contribution in [0.15, 0.2) is 36.4 Å². The van der Waals surface area contributed by atoms with Gasteiger partial charge in [0.25, 0.3) is 11.8 Å². The summed E-state index contributed by atoms with van der Waals surface area (Å²) in [6.45, 7) is 0. The average molecular weight is 340 g/mol. The minimum atomic E-state index is -0.816. The van der Waals surface area contributed by atoms with Crippen LogP contribution in [0.5, 0.6) is 0 Å². The van der Waals surface area contributed by atoms with Gasteiger partial charge in [0.15, 0.2) is 11.4 Å². The predicted molar refractivity (Wildman–Crippen MR) is 84.5 cm³/mol. The molecule has 8 nitrogen and oxygen atoms in total. The van der Waals surface area contributed by atoms with E-state index in [2.05, 4.69) is 14.5 Å². The topological polar surface area (TPSA) is 103 Å². The first-order valence-electron chi connectivity index (χ1n) is 7.14. The van der Waals surface area contributed by atoms with Gasteiger partial charge in [-0.1, -0.05) is 12.1 Å². The second-order valence-electron chi connectivity index (χ2n) is 5.07. The first-order valence-corrected chi connectivity index (χ1v) is 7.14. The number of hydrogen-bond donors (Lipinski definition) is 0. The Balaban J connectivity index is 2.14. The molecule has 0 atom stereocenters. The van der Waals surface area contributed by atoms with Gasteiger partial charge in [-0.3, -0.25) is 9.59 Å². The lowest BCUT2D eigenvalue weighted by molar-refractivity contribution is 0.0584. The van der Waals surface area contributed by atoms with E-state index < -0.39 is 23.8 Å². The van der Waals surface area contributed by atoms with Crippen molar-refractivity contribution in [1.82, 2.24) is 4.98 Å². The Morgan fingerprint density at radius 2 is 1.32 bits per heavy atom. The molecule has 25 heavy (non-hydrogen) atoms. The highest BCUT2D eigenvalue weighted by Crippen LogP contribution is 2.29. The van der Waals surface area contributed by atoms with E-state index in [1.165, 1.54) is 24.3 Å². The number of pyridine rings is 1. The second-order valence-corrected chi connectivity index (χ2v) is 5.07. The zero-order chi connectivity index (χ0) is 18.1. The van der Waals surface area contributed by atoms with Gasteiger partial charge in [-0.15, -0.1) is 0 Å². The maximum absolute atomic E-state index is 12.6. The number of nitrogens with zero attached hydrogens (tertiary/aromatic N) is 2. The zero-order valence-electron chi connectivity index (χ0n) is 13.3. The molecule has 8 heteroatoms. The lowest BCUT2D eigenvalue weighted by Gasteiger charge is -2.15. The number of ether oxygens (including phenoxy) is 2. The zero-order valence-corrected chi connectivity index (χ0v) is 13.3. The highest BCUT2D eigenvalue weighted by Gasteiger charge is 2.37. The fourth-order valence-electron chi connectivity index (χ4n) is 2.49. The summed E-state index contributed by atoms with van der Waals surface area (Å²) in [6.07, 6.45) is 0. The summed E-state index contributed by atoms with van der Waals surface area (Å²) in [5.41, 5.74) is 0.0583. The van der Waals surface area contributed by atoms with E-state index in [9.17, 15) is 19.2 Å². The van der Waals surface area contributed by atoms with E-state index in [-0.39, 0.29) is 28.2 Å². The van der Waals surface area contributed by atoms with Gasteiger partial charge in [0.05, 0.1) is 31.0 Å². The van der Waals surface area contributed by atoms with E-state index in [1.807, 2.05) is 0 Å². The summed E-state index contributed by atoms with van der Waals surface area (Å²) in [4.78, 5) is 53.4. The number of aromatic nitrogens is 1. The molecule has 126 valence electrons. The van der Waals surface area contributed by atoms with Crippen LogP contribution in [0.2, 0.25) is 0 Å². The Hall–Kier alpha value is -3.55. The number of imide groups is 1. The Labute approximate surface area is 142 Å². The Morgan fingerprint density at radius 1 is 0.880 bits per heavy atom. The molecule has 1 aromatic carbocycles. The van der Waals surface area contributed by atoms with Crippen LogP contribution in [0.4, 0.5) is 5.69 Å². The molecular formula is C17H12N2O6. The fraction of sp³-hybridized carbons (Fsp3) is 0.118. The summed E-state index contributed by atoms with van der Waals surface area (Å²) in [5, 5.41) is 0. The average Bonchev–Trinajstić information content (AvgIpc) is 2.91. The summed E-state index contributed by atoms with van der Waals surface area (Å²) < 4.78 is 9.19. The van der Waals surface area contributed by atoms with Crippen LogP contribution in [0.3, 0.4) is 0 Å². The third kappa shape index (κ3) is 2.63. The molecule has 0 saturated heterocycles. The van der Waals surface area contributed by atoms with Crippen LogP contribution >= 0.6 is 0 Å². The number of carbonyl (C=O) groups excluding carboxylic acids is 4. The van der Waals surface area contributed by atoms with E-state index in [1.54, 1.807) is 12.1 Å². The molecule has 0 aliphatic carbocycles. The van der Waals surface area contributed by atoms with Crippen molar-refractivity contribution >= 4 is 29.4 Å². The normalized spacial score (nSPS) is 12.8. The molecule has 0 spiro atoms. The number of hydrogen-bond acceptors (Lipinski definition) is 7. The molecule has 2 aromatic rings. The van der Waals surface area contributed by atoms with Gasteiger partial charge in [0, 0.05) is 0 Å². The minimum Gasteiger partial charge on any atom is -0.464 e. The van der Waals surface area contributed by atoms with Crippen molar-refractivity contribution in [1.29, 1.82) is 0 Å². The SMILES string of the molecule is COC(=O)c1cc(N2C(=O)c3ccccc3C2=O)cc(C(=O)OC)n1. The van der Waals surface area contributed by atoms with Gasteiger partial charge in [-0.25, -0.2) is 19.5 Å². The van der Waals surface area contributed by atoms with Crippen molar-refractivity contribution in [2.24, 2.45) is 0 Å². The van der Waals surface area contributed by atoms with E-state index >= 15 is 0 Å². The molecular weight excluding hydrogens is 328 g/mol. The van der Waals surface area contributed by atoms with Crippen LogP contribution < -0.4 is 4.90 Å². The van der Waals surface area contributed by atoms with Gasteiger partial charge in [0.2, 0.25) is 0 Å². The maximum Gasteiger partial charge on any atom is 0.356 e. The number of methoxy groups -OCH3 is 2. The van der Waals surface area contributed by atoms with E-state index in [0.717, 1.165) is 19.1 Å². The summed E-state index contributed by atoms with van der Waals surface area (Å²) >= 11 is 0. The van der Waals surface area contributed by atoms with Gasteiger partial charge in [0.1, 0.15) is 0 Å². The van der Waals surface area contributed by atoms with Crippen molar-refractivity contribution in [3.63, 3.8) is 0 Å². The number of amides is 2. The molecule has 3 rings (SSSR count). The Kier molecular flexibility index (Phi) is 4.02. The van der Waals surface area contributed by atoms with Gasteiger partial charge in [-0.2, -0.15) is 0 Å². The lowest BCUT2D eigenvalue weighted by atomic mass is 10.1. The molecule has 0 bridgehead atoms. The largest absolute Gasteiger partial charge is 0.464 e. The smallest absolute Gasteiger partial charge is 0.356 e. The molecule has 2 amide bonds. The molecule has 1 aromatic heterocycles. The van der Waals surface area contributed by atoms with Crippen molar-refractivity contribution in [3.8, 4) is 0 Å². The standard InChI is InChI=1S/C17H12N2O6/c1-24-16(22)12-7-9(8-13(18-12)17(23)25-2)19-14(20)10-5-3-4-6-11(10)15(19)21/h3-8H,1-2H3. The van der Waals surface area contributed by atoms with Crippen molar-refractivity contribution in [2.75, 3.05) is 19.1 Å². The van der Waals surface area contributed by atoms with Crippen LogP contribution in [-0.4, -0.2) is 43.0 Å². The highest BCUT2D eigenvalue weighted by molar-refractivity contribution is 6.34. The molecule has 2 heterocycles. The third-order valence-corrected chi connectivity index (χ3v) is 3.65. The monoisotopic (exact) mass is 340 g/mol. The fourth-order valence-corrected chi connectivity index (χ4v) is 2.49. The second kappa shape index (κ2) is 6.16. The number of carbonyl (C=O) groups is 4. The molecule has 1 aliphatic rings. The van der Waals surface area contributed by atoms with Crippen molar-refractivity contribution in [3.05, 3.63) is 58.9 Å². The van der Waals surface area contributed by atoms with Gasteiger partial charge in [-0.05, 0) is 24.3 Å². The summed E-state index contributed by atoms with van der Waals surface area (Å²) in [7, 11) is 2.30. The van der Waals surface area contributed by atoms with Crippen LogP contribution in [-0.2, 0) is 9.47 Å². The van der Waals surface area contributed by atoms with Crippen molar-refractivity contribution < 1.29 is 28.7 Å². The number of fused-ring (bicyclic) bond motifs is 1. The molecule has 0 saturated carbocycles. The number of rotatable bonds is 3. The third-order valence-electron chi connectivity index (χ3n) is 3.65. The Morgan fingerprint density at radius 3 is 1.72 bits per heavy atom. The van der Waals surface area contributed by atoms with Gasteiger partial charge >= 0.3 is 11.9 Å². The molecule has 0 fully saturated rings. The Bertz CT molecular complexity index is 852. The maximum atomic E-state index is 12.6. The predicted octanol–water partition coefficient (Wildman–Crippen LogP) is 1.46. The van der Waals surface area contributed by atoms with Crippen LogP contribution in [0.25, 0.3) is 0 Å². The molecule has 1 aliphatic heterocycles. The van der Waals surface area contributed by atoms with Crippen molar-refractivity contribution in [2.45, 2.75) is 0 Å². The molecule has 0 unspecified atom stereocenters. The van der Waals surface area contributed by atoms with E-state index in [0.29, 0.717) is 0 Å². The summed E-state index contributed by atoms with van der Waals surface area (Å²) in [5.74, 6) is -2.75. The van der Waals surface area contributed by atoms with Crippen LogP contribution in [0, 0.1) is 0 Å². The number of anilines is 1. The lowest BCUT2D eigenvalue weighted by Crippen LogP contribution is -2.30. The molecule has 0 N–H and O–H groups in total. The first kappa shape index (κ1) is 16.3. The quantitative estimate of drug-likeness (QED) is 0.615. The minimum absolute atomic E-state index is 0.0296. The van der Waals surface area contributed by atoms with E-state index in [4.69, 9.17) is 0 Å².